The van der Waals surface area contributed by atoms with Gasteiger partial charge < -0.3 is 4.90 Å². The van der Waals surface area contributed by atoms with Crippen LogP contribution in [0.4, 0.5) is 0 Å². The van der Waals surface area contributed by atoms with Crippen molar-refractivity contribution in [1.82, 2.24) is 9.88 Å². The van der Waals surface area contributed by atoms with Gasteiger partial charge in [-0.15, -0.1) is 0 Å². The topological polar surface area (TPSA) is 33.2 Å². The molecule has 1 amide bonds. The first-order valence-electron chi connectivity index (χ1n) is 6.62. The molecule has 100 valence electrons. The van der Waals surface area contributed by atoms with Crippen LogP contribution in [-0.2, 0) is 4.79 Å². The molecule has 2 rings (SSSR count). The summed E-state index contributed by atoms with van der Waals surface area (Å²) in [5, 5.41) is 0. The zero-order valence-corrected chi connectivity index (χ0v) is 12.3. The second kappa shape index (κ2) is 5.51. The van der Waals surface area contributed by atoms with Crippen molar-refractivity contribution in [2.75, 3.05) is 7.05 Å². The molecule has 0 spiro atoms. The van der Waals surface area contributed by atoms with Crippen molar-refractivity contribution in [3.8, 4) is 0 Å². The smallest absolute Gasteiger partial charge is 0.231 e. The number of carbonyl (C=O) groups is 1. The molecule has 0 N–H and O–H groups in total. The van der Waals surface area contributed by atoms with Gasteiger partial charge in [-0.05, 0) is 38.8 Å². The number of amides is 1. The third-order valence-electron chi connectivity index (χ3n) is 3.53. The molecule has 0 bridgehead atoms. The van der Waals surface area contributed by atoms with Gasteiger partial charge in [0.1, 0.15) is 0 Å². The highest BCUT2D eigenvalue weighted by Crippen LogP contribution is 2.37. The Morgan fingerprint density at radius 3 is 2.33 bits per heavy atom. The lowest BCUT2D eigenvalue weighted by molar-refractivity contribution is -0.130. The van der Waals surface area contributed by atoms with E-state index in [2.05, 4.69) is 18.8 Å². The van der Waals surface area contributed by atoms with Crippen molar-refractivity contribution in [1.29, 1.82) is 0 Å². The zero-order chi connectivity index (χ0) is 13.9. The largest absolute Gasteiger partial charge is 0.340 e. The van der Waals surface area contributed by atoms with Gasteiger partial charge >= 0.3 is 0 Å². The van der Waals surface area contributed by atoms with Crippen molar-refractivity contribution in [3.05, 3.63) is 29.6 Å². The minimum atomic E-state index is -0.0689. The molecule has 18 heavy (non-hydrogen) atoms. The van der Waals surface area contributed by atoms with Crippen LogP contribution >= 0.6 is 0 Å². The van der Waals surface area contributed by atoms with Crippen LogP contribution in [0.15, 0.2) is 18.3 Å². The second-order valence-electron chi connectivity index (χ2n) is 5.23. The second-order valence-corrected chi connectivity index (χ2v) is 5.23. The first-order valence-corrected chi connectivity index (χ1v) is 6.62. The van der Waals surface area contributed by atoms with Gasteiger partial charge in [-0.3, -0.25) is 9.78 Å². The number of likely N-dealkylation sites (N-methyl/N-ethyl adjacent to an activating group) is 1. The van der Waals surface area contributed by atoms with Crippen LogP contribution in [-0.4, -0.2) is 28.4 Å². The van der Waals surface area contributed by atoms with Crippen molar-refractivity contribution < 1.29 is 4.79 Å². The molecule has 1 aliphatic rings. The average molecular weight is 248 g/mol. The summed E-state index contributed by atoms with van der Waals surface area (Å²) in [6, 6.07) is 3.98. The van der Waals surface area contributed by atoms with Gasteiger partial charge in [-0.1, -0.05) is 19.9 Å². The van der Waals surface area contributed by atoms with Gasteiger partial charge in [-0.2, -0.15) is 0 Å². The Bertz CT molecular complexity index is 409. The first-order chi connectivity index (χ1) is 8.42. The van der Waals surface area contributed by atoms with E-state index in [0.29, 0.717) is 0 Å². The fraction of sp³-hybridized carbons (Fsp3) is 0.600. The van der Waals surface area contributed by atoms with E-state index < -0.39 is 0 Å². The normalized spacial score (nSPS) is 21.6. The van der Waals surface area contributed by atoms with Gasteiger partial charge in [-0.25, -0.2) is 0 Å². The predicted molar refractivity (Wildman–Crippen MR) is 74.5 cm³/mol. The monoisotopic (exact) mass is 248 g/mol. The number of likely N-dealkylation sites (tertiary alicyclic amines) is 1. The summed E-state index contributed by atoms with van der Waals surface area (Å²) in [4.78, 5) is 18.3. The van der Waals surface area contributed by atoms with Crippen LogP contribution in [0, 0.1) is 6.92 Å². The Labute approximate surface area is 110 Å². The summed E-state index contributed by atoms with van der Waals surface area (Å²) in [7, 11) is 1.87. The van der Waals surface area contributed by atoms with Crippen molar-refractivity contribution in [3.63, 3.8) is 0 Å². The zero-order valence-electron chi connectivity index (χ0n) is 12.3. The quantitative estimate of drug-likeness (QED) is 0.765. The maximum atomic E-state index is 12.1. The van der Waals surface area contributed by atoms with E-state index in [1.54, 1.807) is 0 Å². The van der Waals surface area contributed by atoms with Gasteiger partial charge in [0.05, 0.1) is 11.6 Å². The molecular weight excluding hydrogens is 224 g/mol. The fourth-order valence-electron chi connectivity index (χ4n) is 2.17. The average Bonchev–Trinajstić information content (AvgIpc) is 2.57. The SMILES string of the molecule is CC.Cc1ccc(C2CC(C)(C)N(C)C2=O)nc1. The molecule has 0 radical (unpaired) electrons. The van der Waals surface area contributed by atoms with Crippen molar-refractivity contribution >= 4 is 5.91 Å². The highest BCUT2D eigenvalue weighted by Gasteiger charge is 2.43. The molecule has 1 saturated heterocycles. The third-order valence-corrected chi connectivity index (χ3v) is 3.53. The van der Waals surface area contributed by atoms with Gasteiger partial charge in [0, 0.05) is 18.8 Å². The van der Waals surface area contributed by atoms with Gasteiger partial charge in [0.15, 0.2) is 0 Å². The Hall–Kier alpha value is -1.38. The predicted octanol–water partition coefficient (Wildman–Crippen LogP) is 3.14. The number of carbonyl (C=O) groups excluding carboxylic acids is 1. The molecule has 1 aromatic rings. The third kappa shape index (κ3) is 2.71. The van der Waals surface area contributed by atoms with E-state index in [4.69, 9.17) is 0 Å². The number of pyridine rings is 1. The Morgan fingerprint density at radius 2 is 1.94 bits per heavy atom. The number of hydrogen-bond donors (Lipinski definition) is 0. The number of hydrogen-bond acceptors (Lipinski definition) is 2. The van der Waals surface area contributed by atoms with E-state index >= 15 is 0 Å². The number of aromatic nitrogens is 1. The fourth-order valence-corrected chi connectivity index (χ4v) is 2.17. The lowest BCUT2D eigenvalue weighted by Crippen LogP contribution is -2.37. The number of aryl methyl sites for hydroxylation is 1. The van der Waals surface area contributed by atoms with Gasteiger partial charge in [0.25, 0.3) is 0 Å². The molecule has 1 unspecified atom stereocenters. The Morgan fingerprint density at radius 1 is 1.33 bits per heavy atom. The maximum absolute atomic E-state index is 12.1. The molecular formula is C15H24N2O. The van der Waals surface area contributed by atoms with Crippen molar-refractivity contribution in [2.45, 2.75) is 52.5 Å². The lowest BCUT2D eigenvalue weighted by Gasteiger charge is -2.26. The standard InChI is InChI=1S/C13H18N2O.C2H6/c1-9-5-6-11(14-8-9)10-7-13(2,3)15(4)12(10)16;1-2/h5-6,8,10H,7H2,1-4H3;1-2H3. The molecule has 3 heteroatoms. The van der Waals surface area contributed by atoms with Crippen LogP contribution in [0.5, 0.6) is 0 Å². The van der Waals surface area contributed by atoms with Gasteiger partial charge in [0.2, 0.25) is 5.91 Å². The summed E-state index contributed by atoms with van der Waals surface area (Å²) in [6.45, 7) is 10.2. The minimum absolute atomic E-state index is 0.0612. The van der Waals surface area contributed by atoms with E-state index in [1.807, 2.05) is 51.0 Å². The molecule has 3 nitrogen and oxygen atoms in total. The van der Waals surface area contributed by atoms with Crippen molar-refractivity contribution in [2.24, 2.45) is 0 Å². The molecule has 0 aliphatic carbocycles. The van der Waals surface area contributed by atoms with E-state index in [1.165, 1.54) is 0 Å². The molecule has 0 saturated carbocycles. The molecule has 2 heterocycles. The summed E-state index contributed by atoms with van der Waals surface area (Å²) >= 11 is 0. The Kier molecular flexibility index (Phi) is 4.49. The van der Waals surface area contributed by atoms with Crippen LogP contribution in [0.1, 0.15) is 51.3 Å². The molecule has 1 fully saturated rings. The van der Waals surface area contributed by atoms with Crippen LogP contribution in [0.2, 0.25) is 0 Å². The summed E-state index contributed by atoms with van der Waals surface area (Å²) in [5.74, 6) is 0.113. The molecule has 0 aromatic carbocycles. The van der Waals surface area contributed by atoms with Crippen LogP contribution in [0.25, 0.3) is 0 Å². The summed E-state index contributed by atoms with van der Waals surface area (Å²) < 4.78 is 0. The van der Waals surface area contributed by atoms with E-state index in [-0.39, 0.29) is 17.4 Å². The Balaban J connectivity index is 0.000000771. The molecule has 1 aromatic heterocycles. The number of rotatable bonds is 1. The number of nitrogens with zero attached hydrogens (tertiary/aromatic N) is 2. The maximum Gasteiger partial charge on any atom is 0.231 e. The molecule has 1 atom stereocenters. The minimum Gasteiger partial charge on any atom is -0.340 e. The first kappa shape index (κ1) is 14.7. The van der Waals surface area contributed by atoms with Crippen LogP contribution in [0.3, 0.4) is 0 Å². The van der Waals surface area contributed by atoms with E-state index in [9.17, 15) is 4.79 Å². The summed E-state index contributed by atoms with van der Waals surface area (Å²) in [5.41, 5.74) is 1.96. The summed E-state index contributed by atoms with van der Waals surface area (Å²) in [6.07, 6.45) is 2.67. The van der Waals surface area contributed by atoms with Crippen LogP contribution < -0.4 is 0 Å². The molecule has 1 aliphatic heterocycles. The lowest BCUT2D eigenvalue weighted by atomic mass is 9.94. The highest BCUT2D eigenvalue weighted by atomic mass is 16.2. The highest BCUT2D eigenvalue weighted by molar-refractivity contribution is 5.86. The van der Waals surface area contributed by atoms with E-state index in [0.717, 1.165) is 17.7 Å².